The Hall–Kier alpha value is -1.00. The molecule has 2 rings (SSSR count). The number of carbonyl (C=O) groups excluding carboxylic acids is 1. The molecule has 18 heavy (non-hydrogen) atoms. The van der Waals surface area contributed by atoms with Gasteiger partial charge in [0.15, 0.2) is 0 Å². The molecule has 1 heterocycles. The average Bonchev–Trinajstić information content (AvgIpc) is 2.87. The zero-order valence-electron chi connectivity index (χ0n) is 10.6. The molecular weight excluding hydrogens is 246 g/mol. The maximum absolute atomic E-state index is 12.3. The van der Waals surface area contributed by atoms with Gasteiger partial charge in [0.2, 0.25) is 0 Å². The first-order chi connectivity index (χ1) is 8.74. The predicted octanol–water partition coefficient (Wildman–Crippen LogP) is 2.00. The quantitative estimate of drug-likeness (QED) is 0.905. The molecule has 98 valence electrons. The van der Waals surface area contributed by atoms with Gasteiger partial charge in [-0.1, -0.05) is 12.1 Å². The Morgan fingerprint density at radius 3 is 3.06 bits per heavy atom. The van der Waals surface area contributed by atoms with Gasteiger partial charge < -0.3 is 10.0 Å². The number of amides is 1. The van der Waals surface area contributed by atoms with Crippen LogP contribution in [0.4, 0.5) is 0 Å². The van der Waals surface area contributed by atoms with Crippen molar-refractivity contribution in [2.75, 3.05) is 26.0 Å². The number of thioether (sulfide) groups is 1. The van der Waals surface area contributed by atoms with E-state index in [0.29, 0.717) is 6.54 Å². The van der Waals surface area contributed by atoms with Gasteiger partial charge >= 0.3 is 0 Å². The monoisotopic (exact) mass is 265 g/mol. The fourth-order valence-electron chi connectivity index (χ4n) is 2.31. The molecule has 1 aromatic rings. The molecule has 0 aromatic heterocycles. The first kappa shape index (κ1) is 13.4. The van der Waals surface area contributed by atoms with Crippen LogP contribution in [0.25, 0.3) is 0 Å². The molecule has 0 bridgehead atoms. The van der Waals surface area contributed by atoms with Gasteiger partial charge in [0.25, 0.3) is 5.91 Å². The highest BCUT2D eigenvalue weighted by Crippen LogP contribution is 2.19. The number of rotatable bonds is 4. The van der Waals surface area contributed by atoms with Gasteiger partial charge in [0.05, 0.1) is 0 Å². The highest BCUT2D eigenvalue weighted by molar-refractivity contribution is 7.97. The molecule has 3 nitrogen and oxygen atoms in total. The van der Waals surface area contributed by atoms with Crippen molar-refractivity contribution in [3.63, 3.8) is 0 Å². The second kappa shape index (κ2) is 6.25. The second-order valence-corrected chi connectivity index (χ2v) is 5.59. The van der Waals surface area contributed by atoms with Crippen molar-refractivity contribution < 1.29 is 9.90 Å². The molecule has 0 radical (unpaired) electrons. The van der Waals surface area contributed by atoms with Crippen molar-refractivity contribution in [1.29, 1.82) is 0 Å². The Labute approximate surface area is 112 Å². The summed E-state index contributed by atoms with van der Waals surface area (Å²) in [7, 11) is 0. The Balaban J connectivity index is 2.07. The second-order valence-electron chi connectivity index (χ2n) is 4.72. The molecule has 1 aromatic carbocycles. The summed E-state index contributed by atoms with van der Waals surface area (Å²) in [6.45, 7) is 1.62. The predicted molar refractivity (Wildman–Crippen MR) is 74.8 cm³/mol. The van der Waals surface area contributed by atoms with Crippen molar-refractivity contribution >= 4 is 17.7 Å². The van der Waals surface area contributed by atoms with E-state index in [2.05, 4.69) is 6.26 Å². The fraction of sp³-hybridized carbons (Fsp3) is 0.500. The van der Waals surface area contributed by atoms with Crippen LogP contribution in [-0.4, -0.2) is 41.9 Å². The number of aliphatic hydroxyl groups is 1. The van der Waals surface area contributed by atoms with Crippen LogP contribution in [0.3, 0.4) is 0 Å². The third-order valence-electron chi connectivity index (χ3n) is 3.32. The average molecular weight is 265 g/mol. The molecule has 0 saturated carbocycles. The normalized spacial score (nSPS) is 19.2. The molecule has 0 spiro atoms. The number of nitrogens with zero attached hydrogens (tertiary/aromatic N) is 1. The number of hydrogen-bond donors (Lipinski definition) is 1. The van der Waals surface area contributed by atoms with E-state index in [0.717, 1.165) is 24.3 Å². The van der Waals surface area contributed by atoms with E-state index in [1.54, 1.807) is 11.8 Å². The molecule has 1 saturated heterocycles. The maximum Gasteiger partial charge on any atom is 0.253 e. The van der Waals surface area contributed by atoms with E-state index in [1.165, 1.54) is 5.56 Å². The lowest BCUT2D eigenvalue weighted by molar-refractivity contribution is 0.0782. The van der Waals surface area contributed by atoms with Crippen molar-refractivity contribution in [3.8, 4) is 0 Å². The summed E-state index contributed by atoms with van der Waals surface area (Å²) < 4.78 is 0. The first-order valence-corrected chi connectivity index (χ1v) is 7.62. The fourth-order valence-corrected chi connectivity index (χ4v) is 2.82. The van der Waals surface area contributed by atoms with Crippen molar-refractivity contribution in [1.82, 2.24) is 4.90 Å². The maximum atomic E-state index is 12.3. The highest BCUT2D eigenvalue weighted by atomic mass is 32.2. The van der Waals surface area contributed by atoms with Crippen LogP contribution >= 0.6 is 11.8 Å². The Bertz CT molecular complexity index is 422. The molecule has 1 fully saturated rings. The van der Waals surface area contributed by atoms with E-state index in [9.17, 15) is 4.79 Å². The summed E-state index contributed by atoms with van der Waals surface area (Å²) in [5.74, 6) is 1.28. The summed E-state index contributed by atoms with van der Waals surface area (Å²) in [6.07, 6.45) is 2.97. The molecule has 1 aliphatic rings. The van der Waals surface area contributed by atoms with Crippen LogP contribution < -0.4 is 0 Å². The van der Waals surface area contributed by atoms with Gasteiger partial charge in [0.1, 0.15) is 0 Å². The lowest BCUT2D eigenvalue weighted by Crippen LogP contribution is -2.29. The number of hydrogen-bond acceptors (Lipinski definition) is 3. The minimum atomic E-state index is 0.0916. The molecule has 1 aliphatic heterocycles. The van der Waals surface area contributed by atoms with Crippen molar-refractivity contribution in [3.05, 3.63) is 35.4 Å². The third-order valence-corrected chi connectivity index (χ3v) is 3.94. The van der Waals surface area contributed by atoms with Gasteiger partial charge in [-0.05, 0) is 30.4 Å². The highest BCUT2D eigenvalue weighted by Gasteiger charge is 2.26. The van der Waals surface area contributed by atoms with E-state index in [4.69, 9.17) is 5.11 Å². The van der Waals surface area contributed by atoms with E-state index < -0.39 is 0 Å². The molecule has 1 amide bonds. The molecule has 1 atom stereocenters. The van der Waals surface area contributed by atoms with Crippen LogP contribution in [0.1, 0.15) is 22.3 Å². The largest absolute Gasteiger partial charge is 0.396 e. The minimum absolute atomic E-state index is 0.0916. The summed E-state index contributed by atoms with van der Waals surface area (Å²) in [4.78, 5) is 14.1. The lowest BCUT2D eigenvalue weighted by Gasteiger charge is -2.16. The van der Waals surface area contributed by atoms with Crippen LogP contribution in [-0.2, 0) is 5.75 Å². The van der Waals surface area contributed by atoms with Gasteiger partial charge in [-0.2, -0.15) is 11.8 Å². The number of benzene rings is 1. The van der Waals surface area contributed by atoms with Gasteiger partial charge in [-0.15, -0.1) is 0 Å². The molecule has 1 N–H and O–H groups in total. The summed E-state index contributed by atoms with van der Waals surface area (Å²) in [6, 6.07) is 7.84. The number of aliphatic hydroxyl groups excluding tert-OH is 1. The zero-order valence-corrected chi connectivity index (χ0v) is 11.4. The zero-order chi connectivity index (χ0) is 13.0. The molecule has 1 unspecified atom stereocenters. The molecule has 0 aliphatic carbocycles. The minimum Gasteiger partial charge on any atom is -0.396 e. The van der Waals surface area contributed by atoms with Gasteiger partial charge in [0, 0.05) is 36.9 Å². The van der Waals surface area contributed by atoms with Crippen LogP contribution in [0.2, 0.25) is 0 Å². The lowest BCUT2D eigenvalue weighted by atomic mass is 10.1. The SMILES string of the molecule is CSCc1cccc(C(=O)N2CCC(CO)C2)c1. The molecule has 4 heteroatoms. The number of carbonyl (C=O) groups is 1. The first-order valence-electron chi connectivity index (χ1n) is 6.22. The van der Waals surface area contributed by atoms with E-state index >= 15 is 0 Å². The topological polar surface area (TPSA) is 40.5 Å². The smallest absolute Gasteiger partial charge is 0.253 e. The van der Waals surface area contributed by atoms with Crippen molar-refractivity contribution in [2.45, 2.75) is 12.2 Å². The van der Waals surface area contributed by atoms with E-state index in [-0.39, 0.29) is 18.4 Å². The Morgan fingerprint density at radius 1 is 1.56 bits per heavy atom. The van der Waals surface area contributed by atoms with Crippen LogP contribution in [0.5, 0.6) is 0 Å². The standard InChI is InChI=1S/C14H19NO2S/c1-18-10-11-3-2-4-13(7-11)14(17)15-6-5-12(8-15)9-16/h2-4,7,12,16H,5-6,8-10H2,1H3. The van der Waals surface area contributed by atoms with Gasteiger partial charge in [-0.25, -0.2) is 0 Å². The van der Waals surface area contributed by atoms with Crippen LogP contribution in [0.15, 0.2) is 24.3 Å². The third kappa shape index (κ3) is 3.06. The van der Waals surface area contributed by atoms with E-state index in [1.807, 2.05) is 29.2 Å². The van der Waals surface area contributed by atoms with Gasteiger partial charge in [-0.3, -0.25) is 4.79 Å². The Kier molecular flexibility index (Phi) is 4.66. The van der Waals surface area contributed by atoms with Crippen molar-refractivity contribution in [2.24, 2.45) is 5.92 Å². The van der Waals surface area contributed by atoms with Crippen LogP contribution in [0, 0.1) is 5.92 Å². The summed E-state index contributed by atoms with van der Waals surface area (Å²) >= 11 is 1.75. The molecular formula is C14H19NO2S. The number of likely N-dealkylation sites (tertiary alicyclic amines) is 1. The summed E-state index contributed by atoms with van der Waals surface area (Å²) in [5, 5.41) is 9.11. The Morgan fingerprint density at radius 2 is 2.39 bits per heavy atom. The summed E-state index contributed by atoms with van der Waals surface area (Å²) in [5.41, 5.74) is 1.95.